The molecule has 0 aliphatic heterocycles. The number of rotatable bonds is 7. The second-order valence-electron chi connectivity index (χ2n) is 7.15. The first-order valence-electron chi connectivity index (χ1n) is 8.57. The van der Waals surface area contributed by atoms with E-state index in [2.05, 4.69) is 38.3 Å². The molecule has 2 amide bonds. The van der Waals surface area contributed by atoms with E-state index in [0.717, 1.165) is 17.7 Å². The quantitative estimate of drug-likeness (QED) is 0.808. The normalized spacial score (nSPS) is 19.7. The minimum atomic E-state index is -0.186. The van der Waals surface area contributed by atoms with Gasteiger partial charge in [0, 0.05) is 12.2 Å². The van der Waals surface area contributed by atoms with Gasteiger partial charge in [-0.2, -0.15) is 0 Å². The minimum absolute atomic E-state index is 0.0166. The van der Waals surface area contributed by atoms with Gasteiger partial charge in [0.05, 0.1) is 11.8 Å². The van der Waals surface area contributed by atoms with Crippen LogP contribution in [0.3, 0.4) is 0 Å². The molecule has 0 bridgehead atoms. The molecule has 0 spiro atoms. The highest BCUT2D eigenvalue weighted by Gasteiger charge is 2.47. The summed E-state index contributed by atoms with van der Waals surface area (Å²) in [6.45, 7) is 9.16. The Morgan fingerprint density at radius 2 is 1.74 bits per heavy atom. The number of nitrogens with one attached hydrogen (secondary N) is 2. The third-order valence-corrected chi connectivity index (χ3v) is 4.33. The van der Waals surface area contributed by atoms with E-state index < -0.39 is 0 Å². The largest absolute Gasteiger partial charge is 0.356 e. The van der Waals surface area contributed by atoms with Gasteiger partial charge in [0.1, 0.15) is 0 Å². The molecule has 2 unspecified atom stereocenters. The molecule has 0 heterocycles. The number of carbonyl (C=O) groups excluding carboxylic acids is 2. The van der Waals surface area contributed by atoms with Gasteiger partial charge in [-0.05, 0) is 36.3 Å². The SMILES string of the molecule is CC(C)CCNC(=O)C1CC1C(=O)Nc1ccccc1C(C)C. The van der Waals surface area contributed by atoms with Gasteiger partial charge in [0.2, 0.25) is 11.8 Å². The lowest BCUT2D eigenvalue weighted by molar-refractivity contribution is -0.125. The maximum atomic E-state index is 12.4. The van der Waals surface area contributed by atoms with E-state index in [1.165, 1.54) is 0 Å². The van der Waals surface area contributed by atoms with Crippen LogP contribution in [0.2, 0.25) is 0 Å². The van der Waals surface area contributed by atoms with E-state index in [4.69, 9.17) is 0 Å². The van der Waals surface area contributed by atoms with Crippen molar-refractivity contribution in [1.82, 2.24) is 5.32 Å². The molecule has 126 valence electrons. The Hall–Kier alpha value is -1.84. The molecule has 1 saturated carbocycles. The fourth-order valence-electron chi connectivity index (χ4n) is 2.73. The van der Waals surface area contributed by atoms with Crippen molar-refractivity contribution >= 4 is 17.5 Å². The summed E-state index contributed by atoms with van der Waals surface area (Å²) in [4.78, 5) is 24.4. The van der Waals surface area contributed by atoms with E-state index in [1.807, 2.05) is 24.3 Å². The third-order valence-electron chi connectivity index (χ3n) is 4.33. The average Bonchev–Trinajstić information content (AvgIpc) is 3.27. The second-order valence-corrected chi connectivity index (χ2v) is 7.15. The Morgan fingerprint density at radius 3 is 2.39 bits per heavy atom. The lowest BCUT2D eigenvalue weighted by Crippen LogP contribution is -2.29. The van der Waals surface area contributed by atoms with Crippen molar-refractivity contribution in [3.05, 3.63) is 29.8 Å². The minimum Gasteiger partial charge on any atom is -0.356 e. The van der Waals surface area contributed by atoms with E-state index >= 15 is 0 Å². The zero-order valence-electron chi connectivity index (χ0n) is 14.6. The first-order chi connectivity index (χ1) is 10.9. The third kappa shape index (κ3) is 4.81. The molecule has 2 atom stereocenters. The summed E-state index contributed by atoms with van der Waals surface area (Å²) >= 11 is 0. The zero-order chi connectivity index (χ0) is 17.0. The smallest absolute Gasteiger partial charge is 0.228 e. The average molecular weight is 316 g/mol. The van der Waals surface area contributed by atoms with Crippen molar-refractivity contribution in [2.24, 2.45) is 17.8 Å². The maximum Gasteiger partial charge on any atom is 0.228 e. The van der Waals surface area contributed by atoms with Crippen molar-refractivity contribution < 1.29 is 9.59 Å². The van der Waals surface area contributed by atoms with Crippen molar-refractivity contribution in [3.63, 3.8) is 0 Å². The first-order valence-corrected chi connectivity index (χ1v) is 8.57. The Bertz CT molecular complexity index is 566. The molecule has 2 N–H and O–H groups in total. The molecule has 1 aromatic rings. The van der Waals surface area contributed by atoms with Crippen LogP contribution in [0.4, 0.5) is 5.69 Å². The van der Waals surface area contributed by atoms with Gasteiger partial charge in [0.15, 0.2) is 0 Å². The van der Waals surface area contributed by atoms with Crippen LogP contribution in [-0.2, 0) is 9.59 Å². The van der Waals surface area contributed by atoms with Crippen LogP contribution >= 0.6 is 0 Å². The van der Waals surface area contributed by atoms with Gasteiger partial charge >= 0.3 is 0 Å². The van der Waals surface area contributed by atoms with Crippen LogP contribution in [0.15, 0.2) is 24.3 Å². The fourth-order valence-corrected chi connectivity index (χ4v) is 2.73. The van der Waals surface area contributed by atoms with Crippen LogP contribution in [0.1, 0.15) is 52.0 Å². The van der Waals surface area contributed by atoms with Crippen molar-refractivity contribution in [1.29, 1.82) is 0 Å². The number of hydrogen-bond donors (Lipinski definition) is 2. The summed E-state index contributed by atoms with van der Waals surface area (Å²) in [6, 6.07) is 7.86. The molecule has 1 aromatic carbocycles. The summed E-state index contributed by atoms with van der Waals surface area (Å²) < 4.78 is 0. The van der Waals surface area contributed by atoms with Gasteiger partial charge in [-0.1, -0.05) is 45.9 Å². The van der Waals surface area contributed by atoms with Crippen LogP contribution in [0.5, 0.6) is 0 Å². The lowest BCUT2D eigenvalue weighted by Gasteiger charge is -2.13. The van der Waals surface area contributed by atoms with E-state index in [-0.39, 0.29) is 23.7 Å². The summed E-state index contributed by atoms with van der Waals surface area (Å²) in [5.41, 5.74) is 1.98. The van der Waals surface area contributed by atoms with Crippen LogP contribution < -0.4 is 10.6 Å². The predicted molar refractivity (Wildman–Crippen MR) is 93.2 cm³/mol. The van der Waals surface area contributed by atoms with Crippen molar-refractivity contribution in [3.8, 4) is 0 Å². The molecule has 1 aliphatic carbocycles. The summed E-state index contributed by atoms with van der Waals surface area (Å²) in [5.74, 6) is 0.551. The number of anilines is 1. The topological polar surface area (TPSA) is 58.2 Å². The van der Waals surface area contributed by atoms with E-state index in [0.29, 0.717) is 24.8 Å². The number of amides is 2. The summed E-state index contributed by atoms with van der Waals surface area (Å²) in [7, 11) is 0. The van der Waals surface area contributed by atoms with E-state index in [9.17, 15) is 9.59 Å². The van der Waals surface area contributed by atoms with Gasteiger partial charge in [-0.25, -0.2) is 0 Å². The Kier molecular flexibility index (Phi) is 5.80. The molecular weight excluding hydrogens is 288 g/mol. The number of carbonyl (C=O) groups is 2. The number of para-hydroxylation sites is 1. The molecule has 0 aromatic heterocycles. The van der Waals surface area contributed by atoms with Gasteiger partial charge in [-0.3, -0.25) is 9.59 Å². The van der Waals surface area contributed by atoms with Gasteiger partial charge in [-0.15, -0.1) is 0 Å². The van der Waals surface area contributed by atoms with Crippen molar-refractivity contribution in [2.75, 3.05) is 11.9 Å². The molecule has 4 nitrogen and oxygen atoms in total. The highest BCUT2D eigenvalue weighted by atomic mass is 16.2. The predicted octanol–water partition coefficient (Wildman–Crippen LogP) is 3.55. The van der Waals surface area contributed by atoms with Crippen LogP contribution in [0, 0.1) is 17.8 Å². The molecule has 0 saturated heterocycles. The van der Waals surface area contributed by atoms with Gasteiger partial charge < -0.3 is 10.6 Å². The molecule has 1 aliphatic rings. The lowest BCUT2D eigenvalue weighted by atomic mass is 10.0. The van der Waals surface area contributed by atoms with E-state index in [1.54, 1.807) is 0 Å². The van der Waals surface area contributed by atoms with Crippen molar-refractivity contribution in [2.45, 2.75) is 46.5 Å². The molecule has 1 fully saturated rings. The standard InChI is InChI=1S/C19H28N2O2/c1-12(2)9-10-20-18(22)15-11-16(15)19(23)21-17-8-6-5-7-14(17)13(3)4/h5-8,12-13,15-16H,9-11H2,1-4H3,(H,20,22)(H,21,23). The molecular formula is C19H28N2O2. The number of hydrogen-bond acceptors (Lipinski definition) is 2. The first kappa shape index (κ1) is 17.5. The highest BCUT2D eigenvalue weighted by molar-refractivity contribution is 5.99. The van der Waals surface area contributed by atoms with Gasteiger partial charge in [0.25, 0.3) is 0 Å². The fraction of sp³-hybridized carbons (Fsp3) is 0.579. The highest BCUT2D eigenvalue weighted by Crippen LogP contribution is 2.40. The molecule has 23 heavy (non-hydrogen) atoms. The number of benzene rings is 1. The zero-order valence-corrected chi connectivity index (χ0v) is 14.6. The molecule has 0 radical (unpaired) electrons. The monoisotopic (exact) mass is 316 g/mol. The molecule has 2 rings (SSSR count). The second kappa shape index (κ2) is 7.62. The maximum absolute atomic E-state index is 12.4. The summed E-state index contributed by atoms with van der Waals surface area (Å²) in [6.07, 6.45) is 1.63. The van der Waals surface area contributed by atoms with Crippen LogP contribution in [-0.4, -0.2) is 18.4 Å². The Balaban J connectivity index is 1.86. The Labute approximate surface area is 139 Å². The summed E-state index contributed by atoms with van der Waals surface area (Å²) in [5, 5.41) is 5.93. The molecule has 4 heteroatoms. The Morgan fingerprint density at radius 1 is 1.09 bits per heavy atom. The van der Waals surface area contributed by atoms with Crippen LogP contribution in [0.25, 0.3) is 0 Å².